The molecule has 0 amide bonds. The Labute approximate surface area is 50.2 Å². The Morgan fingerprint density at radius 1 is 1.22 bits per heavy atom. The van der Waals surface area contributed by atoms with Gasteiger partial charge in [-0.1, -0.05) is 0 Å². The Bertz CT molecular complexity index is 181. The lowest BCUT2D eigenvalue weighted by Gasteiger charge is -1.68. The second-order valence-electron chi connectivity index (χ2n) is 1.06. The van der Waals surface area contributed by atoms with Gasteiger partial charge < -0.3 is 4.52 Å². The summed E-state index contributed by atoms with van der Waals surface area (Å²) in [7, 11) is 0. The Hall–Kier alpha value is -0.935. The van der Waals surface area contributed by atoms with Gasteiger partial charge in [0.1, 0.15) is 0 Å². The topological polar surface area (TPSA) is 26.0 Å². The molecule has 0 spiro atoms. The van der Waals surface area contributed by atoms with E-state index in [4.69, 9.17) is 0 Å². The van der Waals surface area contributed by atoms with Gasteiger partial charge in [-0.15, -0.1) is 0 Å². The van der Waals surface area contributed by atoms with Crippen molar-refractivity contribution in [2.24, 2.45) is 0 Å². The number of aromatic nitrogens is 1. The summed E-state index contributed by atoms with van der Waals surface area (Å²) in [5.74, 6) is -3.23. The van der Waals surface area contributed by atoms with Gasteiger partial charge in [0.15, 0.2) is 0 Å². The van der Waals surface area contributed by atoms with Crippen molar-refractivity contribution in [3.8, 4) is 0 Å². The number of nitrogens with zero attached hydrogens (tertiary/aromatic N) is 1. The molecule has 0 atom stereocenters. The molecule has 0 fully saturated rings. The van der Waals surface area contributed by atoms with E-state index in [-0.39, 0.29) is 8.41 Å². The quantitative estimate of drug-likeness (QED) is 0.488. The molecule has 0 aliphatic heterocycles. The van der Waals surface area contributed by atoms with Crippen LogP contribution in [0.25, 0.3) is 0 Å². The molecule has 1 heterocycles. The maximum Gasteiger partial charge on any atom is 0.344 e. The first-order valence-electron chi connectivity index (χ1n) is 1.68. The first kappa shape index (κ1) is 8.06. The molecule has 0 aliphatic carbocycles. The molecule has 0 aliphatic rings. The molecule has 0 saturated carbocycles. The van der Waals surface area contributed by atoms with Gasteiger partial charge in [-0.25, -0.2) is 0 Å². The highest BCUT2D eigenvalue weighted by molar-refractivity contribution is 5.75. The molecule has 0 saturated heterocycles. The molecule has 1 aromatic rings. The molecular formula is C3BF3NO. The lowest BCUT2D eigenvalue weighted by Crippen LogP contribution is -1.76. The highest BCUT2D eigenvalue weighted by Crippen LogP contribution is 2.06. The standard InChI is InChI=1S/C3F3NO.B/c4-1-2(5)7-8-3(1)6;. The van der Waals surface area contributed by atoms with Crippen molar-refractivity contribution in [1.82, 2.24) is 5.16 Å². The van der Waals surface area contributed by atoms with Crippen LogP contribution in [0.3, 0.4) is 0 Å². The first-order chi connectivity index (χ1) is 3.72. The molecule has 0 N–H and O–H groups in total. The summed E-state index contributed by atoms with van der Waals surface area (Å²) in [4.78, 5) is 0. The molecule has 2 nitrogen and oxygen atoms in total. The molecule has 3 radical (unpaired) electrons. The fourth-order valence-electron chi connectivity index (χ4n) is 0.241. The smallest absolute Gasteiger partial charge is 0.320 e. The first-order valence-corrected chi connectivity index (χ1v) is 1.68. The monoisotopic (exact) mass is 134 g/mol. The zero-order chi connectivity index (χ0) is 6.15. The number of rotatable bonds is 0. The molecule has 9 heavy (non-hydrogen) atoms. The maximum atomic E-state index is 11.6. The molecular weight excluding hydrogens is 134 g/mol. The van der Waals surface area contributed by atoms with Gasteiger partial charge in [0.2, 0.25) is 0 Å². The zero-order valence-electron chi connectivity index (χ0n) is 4.07. The molecule has 0 aromatic carbocycles. The SMILES string of the molecule is Fc1noc(F)c1F.[B]. The lowest BCUT2D eigenvalue weighted by molar-refractivity contribution is 0.260. The van der Waals surface area contributed by atoms with E-state index in [9.17, 15) is 13.2 Å². The second-order valence-corrected chi connectivity index (χ2v) is 1.06. The molecule has 1 aromatic heterocycles. The lowest BCUT2D eigenvalue weighted by atomic mass is 10.7. The van der Waals surface area contributed by atoms with Gasteiger partial charge in [0, 0.05) is 8.41 Å². The van der Waals surface area contributed by atoms with Gasteiger partial charge in [-0.2, -0.15) is 13.2 Å². The van der Waals surface area contributed by atoms with Crippen molar-refractivity contribution in [3.63, 3.8) is 0 Å². The largest absolute Gasteiger partial charge is 0.344 e. The van der Waals surface area contributed by atoms with E-state index in [1.54, 1.807) is 0 Å². The van der Waals surface area contributed by atoms with Crippen molar-refractivity contribution in [2.45, 2.75) is 0 Å². The normalized spacial score (nSPS) is 8.78. The Balaban J connectivity index is 0.000000640. The van der Waals surface area contributed by atoms with E-state index in [1.165, 1.54) is 0 Å². The predicted molar refractivity (Wildman–Crippen MR) is 22.1 cm³/mol. The van der Waals surface area contributed by atoms with Crippen molar-refractivity contribution in [2.75, 3.05) is 0 Å². The zero-order valence-corrected chi connectivity index (χ0v) is 4.07. The van der Waals surface area contributed by atoms with Crippen molar-refractivity contribution in [3.05, 3.63) is 17.8 Å². The summed E-state index contributed by atoms with van der Waals surface area (Å²) >= 11 is 0. The van der Waals surface area contributed by atoms with Crippen LogP contribution in [-0.4, -0.2) is 13.6 Å². The highest BCUT2D eigenvalue weighted by Gasteiger charge is 2.13. The predicted octanol–water partition coefficient (Wildman–Crippen LogP) is 0.711. The van der Waals surface area contributed by atoms with Gasteiger partial charge >= 0.3 is 6.01 Å². The summed E-state index contributed by atoms with van der Waals surface area (Å²) in [5.41, 5.74) is 0. The number of halogens is 3. The molecule has 0 unspecified atom stereocenters. The molecule has 6 heteroatoms. The number of hydrogen-bond acceptors (Lipinski definition) is 2. The van der Waals surface area contributed by atoms with Crippen LogP contribution in [-0.2, 0) is 0 Å². The van der Waals surface area contributed by atoms with Crippen LogP contribution in [0.4, 0.5) is 13.2 Å². The summed E-state index contributed by atoms with van der Waals surface area (Å²) < 4.78 is 38.0. The van der Waals surface area contributed by atoms with Crippen LogP contribution in [0.5, 0.6) is 0 Å². The Kier molecular flexibility index (Phi) is 2.30. The third-order valence-corrected chi connectivity index (χ3v) is 0.560. The van der Waals surface area contributed by atoms with Crippen molar-refractivity contribution >= 4 is 8.41 Å². The molecule has 1 rings (SSSR count). The van der Waals surface area contributed by atoms with Crippen LogP contribution in [0.15, 0.2) is 4.52 Å². The summed E-state index contributed by atoms with van der Waals surface area (Å²) in [6.07, 6.45) is 0. The molecule has 0 bridgehead atoms. The summed E-state index contributed by atoms with van der Waals surface area (Å²) in [6, 6.07) is -1.62. The van der Waals surface area contributed by atoms with Crippen LogP contribution < -0.4 is 0 Å². The highest BCUT2D eigenvalue weighted by atomic mass is 19.2. The van der Waals surface area contributed by atoms with Crippen LogP contribution in [0.2, 0.25) is 0 Å². The van der Waals surface area contributed by atoms with E-state index >= 15 is 0 Å². The van der Waals surface area contributed by atoms with E-state index < -0.39 is 17.8 Å². The van der Waals surface area contributed by atoms with Crippen LogP contribution in [0, 0.1) is 17.8 Å². The Morgan fingerprint density at radius 2 is 1.78 bits per heavy atom. The summed E-state index contributed by atoms with van der Waals surface area (Å²) in [5, 5.41) is 2.32. The van der Waals surface area contributed by atoms with Crippen LogP contribution in [0.1, 0.15) is 0 Å². The average Bonchev–Trinajstić information content (AvgIpc) is 1.98. The minimum Gasteiger partial charge on any atom is -0.320 e. The van der Waals surface area contributed by atoms with E-state index in [2.05, 4.69) is 9.68 Å². The fraction of sp³-hybridized carbons (Fsp3) is 0. The van der Waals surface area contributed by atoms with Crippen molar-refractivity contribution in [1.29, 1.82) is 0 Å². The van der Waals surface area contributed by atoms with Crippen LogP contribution >= 0.6 is 0 Å². The maximum absolute atomic E-state index is 11.6. The van der Waals surface area contributed by atoms with Gasteiger partial charge in [-0.05, 0) is 5.16 Å². The average molecular weight is 134 g/mol. The van der Waals surface area contributed by atoms with E-state index in [0.717, 1.165) is 0 Å². The van der Waals surface area contributed by atoms with Crippen molar-refractivity contribution < 1.29 is 17.7 Å². The summed E-state index contributed by atoms with van der Waals surface area (Å²) in [6.45, 7) is 0. The van der Waals surface area contributed by atoms with E-state index in [1.807, 2.05) is 0 Å². The van der Waals surface area contributed by atoms with E-state index in [0.29, 0.717) is 0 Å². The Morgan fingerprint density at radius 3 is 1.89 bits per heavy atom. The third-order valence-electron chi connectivity index (χ3n) is 0.560. The molecule has 47 valence electrons. The second kappa shape index (κ2) is 2.57. The fourth-order valence-corrected chi connectivity index (χ4v) is 0.241. The third kappa shape index (κ3) is 1.25. The van der Waals surface area contributed by atoms with Gasteiger partial charge in [-0.3, -0.25) is 0 Å². The minimum atomic E-state index is -1.68. The van der Waals surface area contributed by atoms with Gasteiger partial charge in [0.05, 0.1) is 0 Å². The number of hydrogen-bond donors (Lipinski definition) is 0. The minimum absolute atomic E-state index is 0. The van der Waals surface area contributed by atoms with Gasteiger partial charge in [0.25, 0.3) is 11.8 Å².